The molecule has 1 fully saturated rings. The van der Waals surface area contributed by atoms with Crippen molar-refractivity contribution in [1.82, 2.24) is 9.91 Å². The Labute approximate surface area is 115 Å². The van der Waals surface area contributed by atoms with Crippen LogP contribution >= 0.6 is 0 Å². The Kier molecular flexibility index (Phi) is 4.93. The number of piperazine rings is 1. The summed E-state index contributed by atoms with van der Waals surface area (Å²) in [7, 11) is 0. The van der Waals surface area contributed by atoms with Gasteiger partial charge in [0.1, 0.15) is 0 Å². The smallest absolute Gasteiger partial charge is 0.226 e. The first-order valence-electron chi connectivity index (χ1n) is 7.03. The average Bonchev–Trinajstić information content (AvgIpc) is 2.46. The van der Waals surface area contributed by atoms with E-state index in [-0.39, 0.29) is 11.8 Å². The van der Waals surface area contributed by atoms with Crippen molar-refractivity contribution < 1.29 is 4.79 Å². The van der Waals surface area contributed by atoms with Crippen molar-refractivity contribution >= 4 is 5.91 Å². The van der Waals surface area contributed by atoms with E-state index in [4.69, 9.17) is 5.84 Å². The Hall–Kier alpha value is -1.39. The highest BCUT2D eigenvalue weighted by molar-refractivity contribution is 5.79. The molecule has 4 nitrogen and oxygen atoms in total. The lowest BCUT2D eigenvalue weighted by Gasteiger charge is -2.34. The topological polar surface area (TPSA) is 49.6 Å². The van der Waals surface area contributed by atoms with E-state index in [0.29, 0.717) is 0 Å². The van der Waals surface area contributed by atoms with Gasteiger partial charge in [-0.25, -0.2) is 5.01 Å². The van der Waals surface area contributed by atoms with Crippen molar-refractivity contribution in [2.24, 2.45) is 11.8 Å². The molecule has 2 N–H and O–H groups in total. The van der Waals surface area contributed by atoms with E-state index in [1.54, 1.807) is 5.01 Å². The third kappa shape index (κ3) is 3.78. The van der Waals surface area contributed by atoms with E-state index >= 15 is 0 Å². The van der Waals surface area contributed by atoms with Gasteiger partial charge in [-0.15, -0.1) is 0 Å². The molecule has 0 spiro atoms. The van der Waals surface area contributed by atoms with Gasteiger partial charge in [-0.2, -0.15) is 0 Å². The van der Waals surface area contributed by atoms with Gasteiger partial charge < -0.3 is 4.90 Å². The minimum Gasteiger partial charge on any atom is -0.340 e. The predicted octanol–water partition coefficient (Wildman–Crippen LogP) is 1.27. The predicted molar refractivity (Wildman–Crippen MR) is 76.3 cm³/mol. The molecule has 1 aromatic carbocycles. The summed E-state index contributed by atoms with van der Waals surface area (Å²) in [5.41, 5.74) is 1.24. The van der Waals surface area contributed by atoms with Crippen LogP contribution in [0, 0.1) is 5.92 Å². The van der Waals surface area contributed by atoms with Gasteiger partial charge in [0.2, 0.25) is 5.91 Å². The van der Waals surface area contributed by atoms with Crippen LogP contribution < -0.4 is 5.84 Å². The molecular formula is C15H23N3O. The second kappa shape index (κ2) is 6.68. The number of amides is 1. The molecule has 1 atom stereocenters. The van der Waals surface area contributed by atoms with Crippen LogP contribution in [0.3, 0.4) is 0 Å². The molecule has 1 unspecified atom stereocenters. The van der Waals surface area contributed by atoms with Crippen LogP contribution in [0.1, 0.15) is 18.9 Å². The van der Waals surface area contributed by atoms with Gasteiger partial charge >= 0.3 is 0 Å². The molecule has 1 aliphatic rings. The molecule has 1 saturated heterocycles. The third-order valence-corrected chi connectivity index (χ3v) is 3.79. The van der Waals surface area contributed by atoms with E-state index in [9.17, 15) is 4.79 Å². The van der Waals surface area contributed by atoms with Gasteiger partial charge in [-0.05, 0) is 18.4 Å². The summed E-state index contributed by atoms with van der Waals surface area (Å²) in [5.74, 6) is 6.09. The molecule has 4 heteroatoms. The highest BCUT2D eigenvalue weighted by atomic mass is 16.2. The number of benzene rings is 1. The number of carbonyl (C=O) groups excluding carboxylic acids is 1. The molecule has 1 amide bonds. The fraction of sp³-hybridized carbons (Fsp3) is 0.533. The first kappa shape index (κ1) is 14.0. The highest BCUT2D eigenvalue weighted by Crippen LogP contribution is 2.16. The Balaban J connectivity index is 1.95. The summed E-state index contributed by atoms with van der Waals surface area (Å²) >= 11 is 0. The Morgan fingerprint density at radius 3 is 2.42 bits per heavy atom. The first-order valence-corrected chi connectivity index (χ1v) is 7.03. The fourth-order valence-electron chi connectivity index (χ4n) is 2.51. The lowest BCUT2D eigenvalue weighted by Crippen LogP contribution is -2.52. The minimum atomic E-state index is 0.0896. The SMILES string of the molecule is CCC(Cc1ccccc1)C(=O)N1CCN(N)CC1. The Morgan fingerprint density at radius 1 is 1.21 bits per heavy atom. The van der Waals surface area contributed by atoms with Crippen molar-refractivity contribution in [2.75, 3.05) is 26.2 Å². The molecule has 0 aliphatic carbocycles. The molecule has 0 saturated carbocycles. The van der Waals surface area contributed by atoms with Gasteiger partial charge in [-0.3, -0.25) is 10.6 Å². The number of carbonyl (C=O) groups is 1. The molecule has 19 heavy (non-hydrogen) atoms. The maximum absolute atomic E-state index is 12.5. The van der Waals surface area contributed by atoms with Crippen molar-refractivity contribution in [1.29, 1.82) is 0 Å². The molecule has 0 radical (unpaired) electrons. The Bertz CT molecular complexity index is 399. The number of hydrazine groups is 1. The van der Waals surface area contributed by atoms with Crippen molar-refractivity contribution in [3.8, 4) is 0 Å². The van der Waals surface area contributed by atoms with Crippen molar-refractivity contribution in [3.05, 3.63) is 35.9 Å². The molecule has 1 aromatic rings. The molecule has 1 heterocycles. The summed E-state index contributed by atoms with van der Waals surface area (Å²) in [6, 6.07) is 10.2. The zero-order chi connectivity index (χ0) is 13.7. The van der Waals surface area contributed by atoms with Crippen molar-refractivity contribution in [3.63, 3.8) is 0 Å². The lowest BCUT2D eigenvalue weighted by molar-refractivity contribution is -0.137. The summed E-state index contributed by atoms with van der Waals surface area (Å²) in [4.78, 5) is 14.5. The van der Waals surface area contributed by atoms with Crippen LogP contribution in [-0.4, -0.2) is 42.0 Å². The zero-order valence-electron chi connectivity index (χ0n) is 11.6. The van der Waals surface area contributed by atoms with Crippen LogP contribution in [0.5, 0.6) is 0 Å². The summed E-state index contributed by atoms with van der Waals surface area (Å²) in [5, 5.41) is 1.78. The minimum absolute atomic E-state index is 0.0896. The quantitative estimate of drug-likeness (QED) is 0.831. The average molecular weight is 261 g/mol. The molecule has 2 rings (SSSR count). The van der Waals surface area contributed by atoms with Crippen LogP contribution in [0.2, 0.25) is 0 Å². The Morgan fingerprint density at radius 2 is 1.84 bits per heavy atom. The third-order valence-electron chi connectivity index (χ3n) is 3.79. The molecular weight excluding hydrogens is 238 g/mol. The zero-order valence-corrected chi connectivity index (χ0v) is 11.6. The largest absolute Gasteiger partial charge is 0.340 e. The maximum Gasteiger partial charge on any atom is 0.226 e. The van der Waals surface area contributed by atoms with Crippen LogP contribution in [-0.2, 0) is 11.2 Å². The van der Waals surface area contributed by atoms with Crippen LogP contribution in [0.4, 0.5) is 0 Å². The number of hydrogen-bond donors (Lipinski definition) is 1. The standard InChI is InChI=1S/C15H23N3O/c1-2-14(12-13-6-4-3-5-7-13)15(19)17-8-10-18(16)11-9-17/h3-7,14H,2,8-12,16H2,1H3. The van der Waals surface area contributed by atoms with Crippen molar-refractivity contribution in [2.45, 2.75) is 19.8 Å². The lowest BCUT2D eigenvalue weighted by atomic mass is 9.95. The van der Waals surface area contributed by atoms with E-state index in [1.165, 1.54) is 5.56 Å². The van der Waals surface area contributed by atoms with Crippen LogP contribution in [0.25, 0.3) is 0 Å². The first-order chi connectivity index (χ1) is 9.20. The maximum atomic E-state index is 12.5. The van der Waals surface area contributed by atoms with E-state index < -0.39 is 0 Å². The van der Waals surface area contributed by atoms with E-state index in [1.807, 2.05) is 23.1 Å². The molecule has 0 aromatic heterocycles. The summed E-state index contributed by atoms with van der Waals surface area (Å²) in [6.45, 7) is 5.13. The number of rotatable bonds is 4. The monoisotopic (exact) mass is 261 g/mol. The number of nitrogens with two attached hydrogens (primary N) is 1. The molecule has 104 valence electrons. The van der Waals surface area contributed by atoms with Gasteiger partial charge in [0, 0.05) is 32.1 Å². The molecule has 0 bridgehead atoms. The number of hydrogen-bond acceptors (Lipinski definition) is 3. The van der Waals surface area contributed by atoms with Gasteiger partial charge in [-0.1, -0.05) is 37.3 Å². The number of nitrogens with zero attached hydrogens (tertiary/aromatic N) is 2. The van der Waals surface area contributed by atoms with Gasteiger partial charge in [0.15, 0.2) is 0 Å². The van der Waals surface area contributed by atoms with Gasteiger partial charge in [0.25, 0.3) is 0 Å². The second-order valence-corrected chi connectivity index (χ2v) is 5.16. The second-order valence-electron chi connectivity index (χ2n) is 5.16. The fourth-order valence-corrected chi connectivity index (χ4v) is 2.51. The highest BCUT2D eigenvalue weighted by Gasteiger charge is 2.25. The molecule has 1 aliphatic heterocycles. The van der Waals surface area contributed by atoms with E-state index in [2.05, 4.69) is 19.1 Å². The normalized spacial score (nSPS) is 18.3. The van der Waals surface area contributed by atoms with Gasteiger partial charge in [0.05, 0.1) is 0 Å². The summed E-state index contributed by atoms with van der Waals surface area (Å²) in [6.07, 6.45) is 1.72. The van der Waals surface area contributed by atoms with Crippen LogP contribution in [0.15, 0.2) is 30.3 Å². The van der Waals surface area contributed by atoms with E-state index in [0.717, 1.165) is 39.0 Å². The summed E-state index contributed by atoms with van der Waals surface area (Å²) < 4.78 is 0.